The van der Waals surface area contributed by atoms with Crippen LogP contribution in [0.3, 0.4) is 0 Å². The molecule has 1 N–H and O–H groups in total. The lowest BCUT2D eigenvalue weighted by Crippen LogP contribution is -2.35. The van der Waals surface area contributed by atoms with Crippen LogP contribution in [-0.2, 0) is 13.0 Å². The number of amides is 1. The van der Waals surface area contributed by atoms with E-state index in [4.69, 9.17) is 16.7 Å². The summed E-state index contributed by atoms with van der Waals surface area (Å²) in [6.07, 6.45) is -0.387. The van der Waals surface area contributed by atoms with E-state index in [9.17, 15) is 4.79 Å². The highest BCUT2D eigenvalue weighted by Crippen LogP contribution is 2.26. The van der Waals surface area contributed by atoms with Gasteiger partial charge in [0.2, 0.25) is 0 Å². The zero-order valence-electron chi connectivity index (χ0n) is 10.6. The highest BCUT2D eigenvalue weighted by Gasteiger charge is 2.24. The van der Waals surface area contributed by atoms with Crippen LogP contribution in [0.15, 0.2) is 30.3 Å². The standard InChI is InChI=1S/C14H12ClN3O2/c15-12-10-6-7-18(14(19)20)8-11(10)16-13(17-12)9-4-2-1-3-5-9/h1-5H,6-8H2,(H,19,20). The first-order valence-electron chi connectivity index (χ1n) is 6.23. The van der Waals surface area contributed by atoms with Gasteiger partial charge in [0.25, 0.3) is 0 Å². The van der Waals surface area contributed by atoms with E-state index in [2.05, 4.69) is 9.97 Å². The van der Waals surface area contributed by atoms with Crippen LogP contribution in [-0.4, -0.2) is 32.6 Å². The fraction of sp³-hybridized carbons (Fsp3) is 0.214. The zero-order chi connectivity index (χ0) is 14.1. The summed E-state index contributed by atoms with van der Waals surface area (Å²) in [6, 6.07) is 9.51. The number of hydrogen-bond acceptors (Lipinski definition) is 3. The van der Waals surface area contributed by atoms with Gasteiger partial charge in [-0.2, -0.15) is 0 Å². The van der Waals surface area contributed by atoms with Crippen molar-refractivity contribution in [2.45, 2.75) is 13.0 Å². The largest absolute Gasteiger partial charge is 0.465 e. The fourth-order valence-electron chi connectivity index (χ4n) is 2.26. The van der Waals surface area contributed by atoms with E-state index in [-0.39, 0.29) is 6.54 Å². The van der Waals surface area contributed by atoms with Gasteiger partial charge in [-0.05, 0) is 6.42 Å². The molecule has 0 saturated heterocycles. The summed E-state index contributed by atoms with van der Waals surface area (Å²) in [7, 11) is 0. The van der Waals surface area contributed by atoms with E-state index in [0.29, 0.717) is 29.6 Å². The van der Waals surface area contributed by atoms with Crippen LogP contribution in [0.5, 0.6) is 0 Å². The number of carbonyl (C=O) groups is 1. The van der Waals surface area contributed by atoms with Crippen molar-refractivity contribution in [3.8, 4) is 11.4 Å². The molecule has 1 aromatic heterocycles. The molecule has 0 fully saturated rings. The molecule has 20 heavy (non-hydrogen) atoms. The summed E-state index contributed by atoms with van der Waals surface area (Å²) in [4.78, 5) is 21.2. The molecular weight excluding hydrogens is 278 g/mol. The monoisotopic (exact) mass is 289 g/mol. The molecule has 1 aliphatic rings. The first-order valence-corrected chi connectivity index (χ1v) is 6.61. The Morgan fingerprint density at radius 2 is 2.00 bits per heavy atom. The summed E-state index contributed by atoms with van der Waals surface area (Å²) in [5, 5.41) is 9.48. The Morgan fingerprint density at radius 1 is 1.25 bits per heavy atom. The third-order valence-electron chi connectivity index (χ3n) is 3.32. The van der Waals surface area contributed by atoms with Crippen LogP contribution in [0.1, 0.15) is 11.3 Å². The number of fused-ring (bicyclic) bond motifs is 1. The number of rotatable bonds is 1. The molecule has 1 aromatic carbocycles. The number of nitrogens with zero attached hydrogens (tertiary/aromatic N) is 3. The third-order valence-corrected chi connectivity index (χ3v) is 3.63. The first-order chi connectivity index (χ1) is 9.65. The maximum absolute atomic E-state index is 11.1. The lowest BCUT2D eigenvalue weighted by molar-refractivity contribution is 0.139. The molecule has 3 rings (SSSR count). The average Bonchev–Trinajstić information content (AvgIpc) is 2.47. The smallest absolute Gasteiger partial charge is 0.407 e. The molecule has 5 nitrogen and oxygen atoms in total. The Morgan fingerprint density at radius 3 is 2.70 bits per heavy atom. The lowest BCUT2D eigenvalue weighted by atomic mass is 10.1. The van der Waals surface area contributed by atoms with Gasteiger partial charge in [-0.25, -0.2) is 14.8 Å². The quantitative estimate of drug-likeness (QED) is 0.820. The summed E-state index contributed by atoms with van der Waals surface area (Å²) in [6.45, 7) is 0.683. The number of hydrogen-bond donors (Lipinski definition) is 1. The Balaban J connectivity index is 2.03. The number of aromatic nitrogens is 2. The van der Waals surface area contributed by atoms with E-state index in [1.807, 2.05) is 30.3 Å². The van der Waals surface area contributed by atoms with E-state index in [1.54, 1.807) is 0 Å². The van der Waals surface area contributed by atoms with Crippen LogP contribution in [0, 0.1) is 0 Å². The zero-order valence-corrected chi connectivity index (χ0v) is 11.3. The van der Waals surface area contributed by atoms with Crippen LogP contribution in [0.4, 0.5) is 4.79 Å². The van der Waals surface area contributed by atoms with Gasteiger partial charge in [-0.3, -0.25) is 0 Å². The summed E-state index contributed by atoms with van der Waals surface area (Å²) >= 11 is 6.21. The highest BCUT2D eigenvalue weighted by molar-refractivity contribution is 6.30. The minimum absolute atomic E-state index is 0.257. The van der Waals surface area contributed by atoms with Crippen LogP contribution < -0.4 is 0 Å². The van der Waals surface area contributed by atoms with Crippen molar-refractivity contribution in [1.29, 1.82) is 0 Å². The maximum atomic E-state index is 11.1. The Hall–Kier alpha value is -2.14. The van der Waals surface area contributed by atoms with Crippen LogP contribution in [0.2, 0.25) is 5.15 Å². The summed E-state index contributed by atoms with van der Waals surface area (Å²) < 4.78 is 0. The fourth-order valence-corrected chi connectivity index (χ4v) is 2.55. The van der Waals surface area contributed by atoms with E-state index in [1.165, 1.54) is 4.90 Å². The van der Waals surface area contributed by atoms with Crippen LogP contribution >= 0.6 is 11.6 Å². The molecule has 0 bridgehead atoms. The highest BCUT2D eigenvalue weighted by atomic mass is 35.5. The molecule has 0 saturated carbocycles. The van der Waals surface area contributed by atoms with Crippen molar-refractivity contribution in [2.75, 3.05) is 6.54 Å². The second-order valence-corrected chi connectivity index (χ2v) is 4.94. The van der Waals surface area contributed by atoms with Gasteiger partial charge in [-0.15, -0.1) is 0 Å². The summed E-state index contributed by atoms with van der Waals surface area (Å²) in [5.74, 6) is 0.529. The molecule has 1 aliphatic heterocycles. The minimum Gasteiger partial charge on any atom is -0.465 e. The van der Waals surface area contributed by atoms with Crippen molar-refractivity contribution in [2.24, 2.45) is 0 Å². The molecular formula is C14H12ClN3O2. The third kappa shape index (κ3) is 2.32. The second-order valence-electron chi connectivity index (χ2n) is 4.58. The van der Waals surface area contributed by atoms with Crippen molar-refractivity contribution >= 4 is 17.7 Å². The van der Waals surface area contributed by atoms with Gasteiger partial charge >= 0.3 is 6.09 Å². The van der Waals surface area contributed by atoms with Crippen molar-refractivity contribution < 1.29 is 9.90 Å². The predicted octanol–water partition coefficient (Wildman–Crippen LogP) is 2.83. The lowest BCUT2D eigenvalue weighted by Gasteiger charge is -2.26. The molecule has 2 aromatic rings. The SMILES string of the molecule is O=C(O)N1CCc2c(Cl)nc(-c3ccccc3)nc2C1. The molecule has 0 spiro atoms. The molecule has 1 amide bonds. The van der Waals surface area contributed by atoms with Gasteiger partial charge in [0.05, 0.1) is 12.2 Å². The first kappa shape index (κ1) is 12.9. The van der Waals surface area contributed by atoms with Crippen molar-refractivity contribution in [1.82, 2.24) is 14.9 Å². The molecule has 0 unspecified atom stereocenters. The topological polar surface area (TPSA) is 66.3 Å². The minimum atomic E-state index is -0.938. The molecule has 2 heterocycles. The van der Waals surface area contributed by atoms with Gasteiger partial charge in [0.1, 0.15) is 5.15 Å². The average molecular weight is 290 g/mol. The van der Waals surface area contributed by atoms with E-state index in [0.717, 1.165) is 11.1 Å². The second kappa shape index (κ2) is 5.09. The molecule has 6 heteroatoms. The van der Waals surface area contributed by atoms with Gasteiger partial charge in [-0.1, -0.05) is 41.9 Å². The predicted molar refractivity (Wildman–Crippen MR) is 74.6 cm³/mol. The number of carboxylic acid groups (broad SMARTS) is 1. The Kier molecular flexibility index (Phi) is 3.28. The van der Waals surface area contributed by atoms with E-state index < -0.39 is 6.09 Å². The molecule has 102 valence electrons. The van der Waals surface area contributed by atoms with Crippen molar-refractivity contribution in [3.05, 3.63) is 46.7 Å². The Labute approximate surface area is 120 Å². The normalized spacial score (nSPS) is 13.9. The number of halogens is 1. The molecule has 0 radical (unpaired) electrons. The number of benzene rings is 1. The Bertz CT molecular complexity index is 661. The van der Waals surface area contributed by atoms with Crippen molar-refractivity contribution in [3.63, 3.8) is 0 Å². The van der Waals surface area contributed by atoms with Crippen LogP contribution in [0.25, 0.3) is 11.4 Å². The van der Waals surface area contributed by atoms with Gasteiger partial charge in [0, 0.05) is 17.7 Å². The molecule has 0 aliphatic carbocycles. The summed E-state index contributed by atoms with van der Waals surface area (Å²) in [5.41, 5.74) is 2.41. The van der Waals surface area contributed by atoms with Gasteiger partial charge in [0.15, 0.2) is 5.82 Å². The van der Waals surface area contributed by atoms with Gasteiger partial charge < -0.3 is 10.0 Å². The van der Waals surface area contributed by atoms with E-state index >= 15 is 0 Å². The molecule has 0 atom stereocenters. The maximum Gasteiger partial charge on any atom is 0.407 e.